The number of pyridine rings is 1. The number of hydrogen-bond acceptors (Lipinski definition) is 4. The highest BCUT2D eigenvalue weighted by atomic mass is 32.2. The lowest BCUT2D eigenvalue weighted by molar-refractivity contribution is 0.280. The van der Waals surface area contributed by atoms with E-state index in [2.05, 4.69) is 4.72 Å². The van der Waals surface area contributed by atoms with Crippen LogP contribution in [-0.2, 0) is 29.5 Å². The van der Waals surface area contributed by atoms with Crippen LogP contribution in [0.1, 0.15) is 48.6 Å². The SMILES string of the molecule is CNS(=O)(=O)c1ccc2c(c1)-c1nc(C(C)C)c(CO)c(-c3ccc(F)cc3)c1CCC2. The number of rotatable bonds is 5. The first-order chi connectivity index (χ1) is 15.3. The van der Waals surface area contributed by atoms with Crippen molar-refractivity contribution in [2.45, 2.75) is 50.5 Å². The summed E-state index contributed by atoms with van der Waals surface area (Å²) in [5.41, 5.74) is 6.74. The molecule has 0 aliphatic heterocycles. The van der Waals surface area contributed by atoms with Gasteiger partial charge in [-0.2, -0.15) is 0 Å². The third-order valence-corrected chi connectivity index (χ3v) is 7.47. The van der Waals surface area contributed by atoms with Crippen molar-refractivity contribution in [3.8, 4) is 22.4 Å². The summed E-state index contributed by atoms with van der Waals surface area (Å²) in [5.74, 6) is -0.284. The first-order valence-corrected chi connectivity index (χ1v) is 12.2. The molecule has 3 aromatic rings. The minimum atomic E-state index is -3.61. The molecule has 0 amide bonds. The molecule has 168 valence electrons. The molecule has 2 aromatic carbocycles. The summed E-state index contributed by atoms with van der Waals surface area (Å²) in [4.78, 5) is 5.18. The smallest absolute Gasteiger partial charge is 0.240 e. The van der Waals surface area contributed by atoms with Crippen molar-refractivity contribution in [3.05, 3.63) is 70.7 Å². The summed E-state index contributed by atoms with van der Waals surface area (Å²) in [6.45, 7) is 3.85. The molecule has 5 nitrogen and oxygen atoms in total. The predicted octanol–water partition coefficient (Wildman–Crippen LogP) is 4.57. The van der Waals surface area contributed by atoms with E-state index in [4.69, 9.17) is 4.98 Å². The van der Waals surface area contributed by atoms with Gasteiger partial charge in [-0.1, -0.05) is 32.0 Å². The summed E-state index contributed by atoms with van der Waals surface area (Å²) >= 11 is 0. The van der Waals surface area contributed by atoms with Gasteiger partial charge >= 0.3 is 0 Å². The number of aryl methyl sites for hydroxylation is 1. The molecule has 1 heterocycles. The number of nitrogens with one attached hydrogen (secondary N) is 1. The van der Waals surface area contributed by atoms with Crippen LogP contribution >= 0.6 is 0 Å². The lowest BCUT2D eigenvalue weighted by atomic mass is 9.87. The van der Waals surface area contributed by atoms with E-state index >= 15 is 0 Å². The highest BCUT2D eigenvalue weighted by Gasteiger charge is 2.26. The average molecular weight is 455 g/mol. The quantitative estimate of drug-likeness (QED) is 0.592. The number of hydrogen-bond donors (Lipinski definition) is 2. The number of halogens is 1. The van der Waals surface area contributed by atoms with E-state index in [1.165, 1.54) is 19.2 Å². The molecule has 0 saturated heterocycles. The fraction of sp³-hybridized carbons (Fsp3) is 0.320. The molecule has 7 heteroatoms. The Labute approximate surface area is 188 Å². The fourth-order valence-corrected chi connectivity index (χ4v) is 5.24. The Kier molecular flexibility index (Phi) is 6.16. The summed E-state index contributed by atoms with van der Waals surface area (Å²) in [6.07, 6.45) is 2.38. The van der Waals surface area contributed by atoms with E-state index in [-0.39, 0.29) is 23.2 Å². The van der Waals surface area contributed by atoms with E-state index in [1.54, 1.807) is 24.3 Å². The Morgan fingerprint density at radius 2 is 1.84 bits per heavy atom. The van der Waals surface area contributed by atoms with Crippen LogP contribution in [0.2, 0.25) is 0 Å². The highest BCUT2D eigenvalue weighted by molar-refractivity contribution is 7.89. The predicted molar refractivity (Wildman–Crippen MR) is 123 cm³/mol. The largest absolute Gasteiger partial charge is 0.392 e. The third-order valence-electron chi connectivity index (χ3n) is 6.06. The van der Waals surface area contributed by atoms with Crippen molar-refractivity contribution in [2.75, 3.05) is 7.05 Å². The van der Waals surface area contributed by atoms with Crippen LogP contribution in [0.3, 0.4) is 0 Å². The van der Waals surface area contributed by atoms with Crippen molar-refractivity contribution in [1.82, 2.24) is 9.71 Å². The molecular formula is C25H27FN2O3S. The van der Waals surface area contributed by atoms with E-state index in [9.17, 15) is 17.9 Å². The fourth-order valence-electron chi connectivity index (χ4n) is 4.49. The second-order valence-corrected chi connectivity index (χ2v) is 10.3. The zero-order valence-electron chi connectivity index (χ0n) is 18.4. The second-order valence-electron chi connectivity index (χ2n) is 8.38. The zero-order valence-corrected chi connectivity index (χ0v) is 19.3. The van der Waals surface area contributed by atoms with Gasteiger partial charge in [0, 0.05) is 16.8 Å². The molecule has 1 aromatic heterocycles. The van der Waals surface area contributed by atoms with Crippen molar-refractivity contribution in [3.63, 3.8) is 0 Å². The molecule has 4 rings (SSSR count). The van der Waals surface area contributed by atoms with Crippen LogP contribution in [-0.4, -0.2) is 25.6 Å². The molecule has 1 aliphatic carbocycles. The number of sulfonamides is 1. The van der Waals surface area contributed by atoms with Crippen LogP contribution in [0.5, 0.6) is 0 Å². The van der Waals surface area contributed by atoms with Gasteiger partial charge in [-0.3, -0.25) is 4.98 Å². The van der Waals surface area contributed by atoms with Crippen LogP contribution in [0, 0.1) is 5.82 Å². The van der Waals surface area contributed by atoms with Gasteiger partial charge < -0.3 is 5.11 Å². The van der Waals surface area contributed by atoms with Gasteiger partial charge in [0.1, 0.15) is 5.82 Å². The van der Waals surface area contributed by atoms with E-state index in [0.29, 0.717) is 0 Å². The van der Waals surface area contributed by atoms with Gasteiger partial charge in [0.2, 0.25) is 10.0 Å². The van der Waals surface area contributed by atoms with Gasteiger partial charge in [-0.25, -0.2) is 17.5 Å². The lowest BCUT2D eigenvalue weighted by Crippen LogP contribution is -2.18. The van der Waals surface area contributed by atoms with Gasteiger partial charge in [-0.05, 0) is 78.7 Å². The number of aromatic nitrogens is 1. The standard InChI is InChI=1S/C25H27FN2O3S/c1-15(2)24-22(14-29)23(17-7-10-18(26)11-8-17)20-6-4-5-16-9-12-19(32(30,31)27-3)13-21(16)25(20)28-24/h7-13,15,27,29H,4-6,14H2,1-3H3. The number of benzene rings is 2. The molecule has 0 radical (unpaired) electrons. The van der Waals surface area contributed by atoms with Gasteiger partial charge in [0.05, 0.1) is 17.2 Å². The van der Waals surface area contributed by atoms with Gasteiger partial charge in [0.15, 0.2) is 0 Å². The molecule has 0 fully saturated rings. The maximum Gasteiger partial charge on any atom is 0.240 e. The van der Waals surface area contributed by atoms with E-state index in [0.717, 1.165) is 64.0 Å². The molecule has 0 atom stereocenters. The second kappa shape index (κ2) is 8.73. The summed E-state index contributed by atoms with van der Waals surface area (Å²) in [5, 5.41) is 10.3. The first-order valence-electron chi connectivity index (χ1n) is 10.8. The highest BCUT2D eigenvalue weighted by Crippen LogP contribution is 2.42. The minimum absolute atomic E-state index is 0.0394. The topological polar surface area (TPSA) is 79.3 Å². The molecule has 2 N–H and O–H groups in total. The summed E-state index contributed by atoms with van der Waals surface area (Å²) < 4.78 is 41.0. The molecule has 0 unspecified atom stereocenters. The monoisotopic (exact) mass is 454 g/mol. The Hall–Kier alpha value is -2.61. The molecule has 0 saturated carbocycles. The summed E-state index contributed by atoms with van der Waals surface area (Å²) in [7, 11) is -2.22. The van der Waals surface area contributed by atoms with Crippen LogP contribution < -0.4 is 4.72 Å². The number of fused-ring (bicyclic) bond motifs is 3. The lowest BCUT2D eigenvalue weighted by Gasteiger charge is -2.22. The first kappa shape index (κ1) is 22.6. The van der Waals surface area contributed by atoms with E-state index in [1.807, 2.05) is 19.9 Å². The Bertz CT molecular complexity index is 1270. The molecule has 32 heavy (non-hydrogen) atoms. The number of aliphatic hydroxyl groups is 1. The Morgan fingerprint density at radius 1 is 1.12 bits per heavy atom. The maximum absolute atomic E-state index is 13.7. The Morgan fingerprint density at radius 3 is 2.47 bits per heavy atom. The van der Waals surface area contributed by atoms with Crippen molar-refractivity contribution in [1.29, 1.82) is 0 Å². The van der Waals surface area contributed by atoms with E-state index < -0.39 is 10.0 Å². The van der Waals surface area contributed by atoms with Crippen LogP contribution in [0.4, 0.5) is 4.39 Å². The van der Waals surface area contributed by atoms with Gasteiger partial charge in [-0.15, -0.1) is 0 Å². The normalized spacial score (nSPS) is 13.6. The maximum atomic E-state index is 13.7. The number of nitrogens with zero attached hydrogens (tertiary/aromatic N) is 1. The molecule has 0 spiro atoms. The van der Waals surface area contributed by atoms with Gasteiger partial charge in [0.25, 0.3) is 0 Å². The Balaban J connectivity index is 2.09. The molecule has 0 bridgehead atoms. The average Bonchev–Trinajstić information content (AvgIpc) is 2.97. The zero-order chi connectivity index (χ0) is 23.0. The summed E-state index contributed by atoms with van der Waals surface area (Å²) in [6, 6.07) is 11.5. The van der Waals surface area contributed by atoms with Crippen LogP contribution in [0.25, 0.3) is 22.4 Å². The minimum Gasteiger partial charge on any atom is -0.392 e. The van der Waals surface area contributed by atoms with Crippen molar-refractivity contribution < 1.29 is 17.9 Å². The number of aliphatic hydroxyl groups excluding tert-OH is 1. The third kappa shape index (κ3) is 3.96. The van der Waals surface area contributed by atoms with Crippen LogP contribution in [0.15, 0.2) is 47.4 Å². The van der Waals surface area contributed by atoms with Crippen molar-refractivity contribution in [2.24, 2.45) is 0 Å². The molecular weight excluding hydrogens is 427 g/mol. The molecule has 1 aliphatic rings. The van der Waals surface area contributed by atoms with Crippen molar-refractivity contribution >= 4 is 10.0 Å².